The zero-order valence-electron chi connectivity index (χ0n) is 12.7. The van der Waals surface area contributed by atoms with Crippen LogP contribution < -0.4 is 5.32 Å². The molecule has 0 aliphatic heterocycles. The standard InChI is InChI=1S/C16H15N3OS3/c1-10-8-13(11(2)22-10)14(20)17-15-18-19-16(23-15)21-9-12-6-4-3-5-7-12/h3-8H,9H2,1-2H3,(H,17,18,20). The van der Waals surface area contributed by atoms with E-state index in [4.69, 9.17) is 0 Å². The zero-order chi connectivity index (χ0) is 16.2. The Hall–Kier alpha value is -1.70. The molecule has 0 aliphatic carbocycles. The number of thioether (sulfide) groups is 1. The Labute approximate surface area is 147 Å². The second kappa shape index (κ2) is 7.25. The van der Waals surface area contributed by atoms with E-state index in [-0.39, 0.29) is 5.91 Å². The number of carbonyl (C=O) groups excluding carboxylic acids is 1. The van der Waals surface area contributed by atoms with Crippen LogP contribution in [0.15, 0.2) is 40.7 Å². The van der Waals surface area contributed by atoms with Gasteiger partial charge in [0.25, 0.3) is 5.91 Å². The minimum atomic E-state index is -0.123. The highest BCUT2D eigenvalue weighted by Crippen LogP contribution is 2.29. The third kappa shape index (κ3) is 4.19. The van der Waals surface area contributed by atoms with Gasteiger partial charge < -0.3 is 0 Å². The van der Waals surface area contributed by atoms with E-state index in [2.05, 4.69) is 27.6 Å². The molecule has 0 aliphatic rings. The number of hydrogen-bond acceptors (Lipinski definition) is 6. The van der Waals surface area contributed by atoms with Gasteiger partial charge in [0.05, 0.1) is 5.56 Å². The number of benzene rings is 1. The van der Waals surface area contributed by atoms with Gasteiger partial charge in [-0.05, 0) is 25.5 Å². The Morgan fingerprint density at radius 3 is 2.65 bits per heavy atom. The number of nitrogens with zero attached hydrogens (tertiary/aromatic N) is 2. The third-order valence-electron chi connectivity index (χ3n) is 3.12. The lowest BCUT2D eigenvalue weighted by molar-refractivity contribution is 0.102. The summed E-state index contributed by atoms with van der Waals surface area (Å²) in [5.41, 5.74) is 1.95. The van der Waals surface area contributed by atoms with Crippen LogP contribution in [0.4, 0.5) is 5.13 Å². The van der Waals surface area contributed by atoms with Crippen LogP contribution in [-0.2, 0) is 5.75 Å². The molecule has 3 rings (SSSR count). The lowest BCUT2D eigenvalue weighted by atomic mass is 10.2. The summed E-state index contributed by atoms with van der Waals surface area (Å²) < 4.78 is 0.849. The maximum atomic E-state index is 12.3. The highest BCUT2D eigenvalue weighted by atomic mass is 32.2. The van der Waals surface area contributed by atoms with Gasteiger partial charge in [-0.25, -0.2) is 0 Å². The van der Waals surface area contributed by atoms with Gasteiger partial charge in [-0.1, -0.05) is 53.4 Å². The van der Waals surface area contributed by atoms with Crippen molar-refractivity contribution in [1.82, 2.24) is 10.2 Å². The van der Waals surface area contributed by atoms with Crippen LogP contribution in [0.2, 0.25) is 0 Å². The number of nitrogens with one attached hydrogen (secondary N) is 1. The minimum absolute atomic E-state index is 0.123. The van der Waals surface area contributed by atoms with Crippen LogP contribution in [0.25, 0.3) is 0 Å². The van der Waals surface area contributed by atoms with Gasteiger partial charge in [-0.3, -0.25) is 10.1 Å². The molecule has 23 heavy (non-hydrogen) atoms. The van der Waals surface area contributed by atoms with Gasteiger partial charge >= 0.3 is 0 Å². The largest absolute Gasteiger partial charge is 0.296 e. The normalized spacial score (nSPS) is 10.7. The minimum Gasteiger partial charge on any atom is -0.296 e. The lowest BCUT2D eigenvalue weighted by Crippen LogP contribution is -2.11. The molecule has 0 fully saturated rings. The number of amides is 1. The maximum absolute atomic E-state index is 12.3. The molecule has 2 aromatic heterocycles. The first kappa shape index (κ1) is 16.2. The smallest absolute Gasteiger partial charge is 0.258 e. The van der Waals surface area contributed by atoms with Crippen LogP contribution in [0.5, 0.6) is 0 Å². The van der Waals surface area contributed by atoms with Gasteiger partial charge in [0, 0.05) is 15.5 Å². The summed E-state index contributed by atoms with van der Waals surface area (Å²) in [5.74, 6) is 0.717. The van der Waals surface area contributed by atoms with Crippen LogP contribution in [0.1, 0.15) is 25.7 Å². The van der Waals surface area contributed by atoms with E-state index in [1.807, 2.05) is 38.1 Å². The van der Waals surface area contributed by atoms with Crippen LogP contribution in [0, 0.1) is 13.8 Å². The molecule has 4 nitrogen and oxygen atoms in total. The molecule has 2 heterocycles. The van der Waals surface area contributed by atoms with Gasteiger partial charge in [0.2, 0.25) is 5.13 Å². The predicted molar refractivity (Wildman–Crippen MR) is 97.7 cm³/mol. The first-order chi connectivity index (χ1) is 11.1. The summed E-state index contributed by atoms with van der Waals surface area (Å²) in [4.78, 5) is 14.4. The fraction of sp³-hybridized carbons (Fsp3) is 0.188. The molecule has 118 valence electrons. The van der Waals surface area contributed by atoms with Gasteiger partial charge in [0.1, 0.15) is 0 Å². The predicted octanol–water partition coefficient (Wildman–Crippen LogP) is 4.76. The van der Waals surface area contributed by atoms with Crippen LogP contribution in [-0.4, -0.2) is 16.1 Å². The molecule has 1 N–H and O–H groups in total. The van der Waals surface area contributed by atoms with Crippen molar-refractivity contribution in [2.45, 2.75) is 23.9 Å². The molecule has 0 saturated carbocycles. The monoisotopic (exact) mass is 361 g/mol. The molecule has 0 bridgehead atoms. The van der Waals surface area contributed by atoms with E-state index in [1.165, 1.54) is 16.9 Å². The van der Waals surface area contributed by atoms with Crippen molar-refractivity contribution in [3.8, 4) is 0 Å². The van der Waals surface area contributed by atoms with Gasteiger partial charge in [-0.2, -0.15) is 0 Å². The molecule has 7 heteroatoms. The Morgan fingerprint density at radius 2 is 1.96 bits per heavy atom. The summed E-state index contributed by atoms with van der Waals surface area (Å²) in [6, 6.07) is 12.1. The Morgan fingerprint density at radius 1 is 1.17 bits per heavy atom. The molecular weight excluding hydrogens is 346 g/mol. The number of hydrogen-bond donors (Lipinski definition) is 1. The number of rotatable bonds is 5. The van der Waals surface area contributed by atoms with Crippen molar-refractivity contribution >= 4 is 45.5 Å². The molecule has 0 spiro atoms. The Kier molecular flexibility index (Phi) is 5.09. The second-order valence-electron chi connectivity index (χ2n) is 4.93. The fourth-order valence-corrected chi connectivity index (χ4v) is 4.68. The molecule has 0 atom stereocenters. The van der Waals surface area contributed by atoms with Crippen LogP contribution >= 0.6 is 34.4 Å². The first-order valence-corrected chi connectivity index (χ1v) is 9.62. The van der Waals surface area contributed by atoms with E-state index in [0.29, 0.717) is 10.7 Å². The van der Waals surface area contributed by atoms with Crippen molar-refractivity contribution in [3.05, 3.63) is 57.3 Å². The number of aromatic nitrogens is 2. The Balaban J connectivity index is 1.61. The number of aryl methyl sites for hydroxylation is 2. The lowest BCUT2D eigenvalue weighted by Gasteiger charge is -1.99. The maximum Gasteiger partial charge on any atom is 0.258 e. The van der Waals surface area contributed by atoms with E-state index in [1.54, 1.807) is 23.1 Å². The molecule has 1 aromatic carbocycles. The zero-order valence-corrected chi connectivity index (χ0v) is 15.1. The number of carbonyl (C=O) groups is 1. The topological polar surface area (TPSA) is 54.9 Å². The van der Waals surface area contributed by atoms with Crippen molar-refractivity contribution in [3.63, 3.8) is 0 Å². The van der Waals surface area contributed by atoms with E-state index < -0.39 is 0 Å². The van der Waals surface area contributed by atoms with Gasteiger partial charge in [0.15, 0.2) is 4.34 Å². The molecule has 0 radical (unpaired) electrons. The second-order valence-corrected chi connectivity index (χ2v) is 8.59. The van der Waals surface area contributed by atoms with E-state index in [0.717, 1.165) is 19.8 Å². The molecule has 3 aromatic rings. The van der Waals surface area contributed by atoms with E-state index >= 15 is 0 Å². The summed E-state index contributed by atoms with van der Waals surface area (Å²) in [6.07, 6.45) is 0. The highest BCUT2D eigenvalue weighted by molar-refractivity contribution is 8.00. The average Bonchev–Trinajstić information content (AvgIpc) is 3.12. The Bertz CT molecular complexity index is 811. The average molecular weight is 362 g/mol. The highest BCUT2D eigenvalue weighted by Gasteiger charge is 2.14. The summed E-state index contributed by atoms with van der Waals surface area (Å²) in [7, 11) is 0. The van der Waals surface area contributed by atoms with Crippen molar-refractivity contribution in [2.24, 2.45) is 0 Å². The van der Waals surface area contributed by atoms with Gasteiger partial charge in [-0.15, -0.1) is 21.5 Å². The fourth-order valence-electron chi connectivity index (χ4n) is 2.06. The third-order valence-corrected chi connectivity index (χ3v) is 6.13. The molecule has 1 amide bonds. The van der Waals surface area contributed by atoms with Crippen molar-refractivity contribution < 1.29 is 4.79 Å². The molecule has 0 saturated heterocycles. The van der Waals surface area contributed by atoms with Crippen LogP contribution in [0.3, 0.4) is 0 Å². The van der Waals surface area contributed by atoms with Crippen molar-refractivity contribution in [1.29, 1.82) is 0 Å². The first-order valence-electron chi connectivity index (χ1n) is 7.00. The quantitative estimate of drug-likeness (QED) is 0.526. The molecular formula is C16H15N3OS3. The number of thiophene rings is 1. The van der Waals surface area contributed by atoms with E-state index in [9.17, 15) is 4.79 Å². The SMILES string of the molecule is Cc1cc(C(=O)Nc2nnc(SCc3ccccc3)s2)c(C)s1. The summed E-state index contributed by atoms with van der Waals surface area (Å²) in [6.45, 7) is 3.95. The number of anilines is 1. The van der Waals surface area contributed by atoms with Crippen molar-refractivity contribution in [2.75, 3.05) is 5.32 Å². The molecule has 0 unspecified atom stereocenters. The summed E-state index contributed by atoms with van der Waals surface area (Å²) >= 11 is 4.64. The summed E-state index contributed by atoms with van der Waals surface area (Å²) in [5, 5.41) is 11.5.